The van der Waals surface area contributed by atoms with Crippen LogP contribution in [0, 0.1) is 0 Å². The van der Waals surface area contributed by atoms with Gasteiger partial charge < -0.3 is 0 Å². The second-order valence-electron chi connectivity index (χ2n) is 4.35. The molecule has 0 spiro atoms. The molecule has 1 aliphatic heterocycles. The Morgan fingerprint density at radius 3 is 2.70 bits per heavy atom. The van der Waals surface area contributed by atoms with Crippen LogP contribution in [0.4, 0.5) is 5.69 Å². The molecule has 0 fully saturated rings. The minimum absolute atomic E-state index is 0.256. The lowest BCUT2D eigenvalue weighted by atomic mass is 10.1. The van der Waals surface area contributed by atoms with Gasteiger partial charge in [0.25, 0.3) is 11.7 Å². The van der Waals surface area contributed by atoms with Crippen LogP contribution in [-0.2, 0) is 11.3 Å². The Hall–Kier alpha value is -1.72. The van der Waals surface area contributed by atoms with Gasteiger partial charge in [0, 0.05) is 15.7 Å². The smallest absolute Gasteiger partial charge is 0.299 e. The zero-order chi connectivity index (χ0) is 14.3. The fraction of sp³-hybridized carbons (Fsp3) is 0.0714. The molecule has 1 aromatic carbocycles. The summed E-state index contributed by atoms with van der Waals surface area (Å²) in [7, 11) is 0. The number of anilines is 1. The molecule has 1 amide bonds. The van der Waals surface area contributed by atoms with Gasteiger partial charge in [0.15, 0.2) is 0 Å². The molecule has 1 aliphatic rings. The Morgan fingerprint density at radius 2 is 2.00 bits per heavy atom. The van der Waals surface area contributed by atoms with Crippen molar-refractivity contribution in [3.63, 3.8) is 0 Å². The summed E-state index contributed by atoms with van der Waals surface area (Å²) in [5.74, 6) is -1.08. The maximum Gasteiger partial charge on any atom is 0.299 e. The summed E-state index contributed by atoms with van der Waals surface area (Å²) in [5.41, 5.74) is 1.63. The number of fused-ring (bicyclic) bond motifs is 1. The van der Waals surface area contributed by atoms with Crippen LogP contribution in [0.15, 0.2) is 41.0 Å². The van der Waals surface area contributed by atoms with E-state index in [4.69, 9.17) is 11.6 Å². The highest BCUT2D eigenvalue weighted by molar-refractivity contribution is 9.10. The Balaban J connectivity index is 1.97. The van der Waals surface area contributed by atoms with Gasteiger partial charge in [-0.25, -0.2) is 0 Å². The first kappa shape index (κ1) is 13.3. The standard InChI is InChI=1S/C14H8BrClN2O2/c15-8-1-3-10(17-6-8)7-18-12-4-2-9(16)5-11(12)13(19)14(18)20/h1-6H,7H2. The maximum absolute atomic E-state index is 12.0. The molecule has 0 aliphatic carbocycles. The third-order valence-corrected chi connectivity index (χ3v) is 3.75. The van der Waals surface area contributed by atoms with Crippen LogP contribution in [0.25, 0.3) is 0 Å². The number of rotatable bonds is 2. The molecule has 2 heterocycles. The topological polar surface area (TPSA) is 50.3 Å². The van der Waals surface area contributed by atoms with E-state index >= 15 is 0 Å². The van der Waals surface area contributed by atoms with Crippen LogP contribution in [0.2, 0.25) is 5.02 Å². The van der Waals surface area contributed by atoms with Gasteiger partial charge in [-0.15, -0.1) is 0 Å². The number of hydrogen-bond donors (Lipinski definition) is 0. The third-order valence-electron chi connectivity index (χ3n) is 3.04. The lowest BCUT2D eigenvalue weighted by Crippen LogP contribution is -2.29. The van der Waals surface area contributed by atoms with Gasteiger partial charge in [-0.3, -0.25) is 19.5 Å². The second kappa shape index (κ2) is 5.00. The number of amides is 1. The summed E-state index contributed by atoms with van der Waals surface area (Å²) < 4.78 is 0.859. The Bertz CT molecular complexity index is 716. The zero-order valence-corrected chi connectivity index (χ0v) is 12.5. The van der Waals surface area contributed by atoms with Crippen molar-refractivity contribution < 1.29 is 9.59 Å². The van der Waals surface area contributed by atoms with Crippen LogP contribution in [0.5, 0.6) is 0 Å². The summed E-state index contributed by atoms with van der Waals surface area (Å²) in [5, 5.41) is 0.438. The summed E-state index contributed by atoms with van der Waals surface area (Å²) in [6.07, 6.45) is 1.65. The predicted molar refractivity (Wildman–Crippen MR) is 78.9 cm³/mol. The number of carbonyl (C=O) groups is 2. The van der Waals surface area contributed by atoms with E-state index in [-0.39, 0.29) is 6.54 Å². The third kappa shape index (κ3) is 2.23. The number of pyridine rings is 1. The molecule has 6 heteroatoms. The van der Waals surface area contributed by atoms with E-state index in [1.807, 2.05) is 6.07 Å². The van der Waals surface area contributed by atoms with Crippen molar-refractivity contribution in [2.75, 3.05) is 4.90 Å². The SMILES string of the molecule is O=C1C(=O)N(Cc2ccc(Br)cn2)c2ccc(Cl)cc21. The van der Waals surface area contributed by atoms with Crippen molar-refractivity contribution in [3.05, 3.63) is 57.3 Å². The van der Waals surface area contributed by atoms with Crippen LogP contribution >= 0.6 is 27.5 Å². The van der Waals surface area contributed by atoms with Crippen molar-refractivity contribution in [1.82, 2.24) is 4.98 Å². The fourth-order valence-corrected chi connectivity index (χ4v) is 2.50. The van der Waals surface area contributed by atoms with Crippen LogP contribution in [0.3, 0.4) is 0 Å². The zero-order valence-electron chi connectivity index (χ0n) is 10.1. The van der Waals surface area contributed by atoms with Crippen molar-refractivity contribution in [2.24, 2.45) is 0 Å². The van der Waals surface area contributed by atoms with Crippen molar-refractivity contribution in [2.45, 2.75) is 6.54 Å². The van der Waals surface area contributed by atoms with E-state index in [1.54, 1.807) is 24.4 Å². The summed E-state index contributed by atoms with van der Waals surface area (Å²) in [6, 6.07) is 8.50. The van der Waals surface area contributed by atoms with E-state index in [0.29, 0.717) is 22.0 Å². The Kier molecular flexibility index (Phi) is 3.31. The number of Topliss-reactive ketones (excluding diaryl/α,β-unsaturated/α-hetero) is 1. The number of carbonyl (C=O) groups excluding carboxylic acids is 2. The summed E-state index contributed by atoms with van der Waals surface area (Å²) in [6.45, 7) is 0.256. The van der Waals surface area contributed by atoms with Gasteiger partial charge >= 0.3 is 0 Å². The number of ketones is 1. The number of benzene rings is 1. The fourth-order valence-electron chi connectivity index (χ4n) is 2.09. The van der Waals surface area contributed by atoms with E-state index in [1.165, 1.54) is 11.0 Å². The van der Waals surface area contributed by atoms with Crippen molar-refractivity contribution in [1.29, 1.82) is 0 Å². The van der Waals surface area contributed by atoms with Crippen LogP contribution in [-0.4, -0.2) is 16.7 Å². The van der Waals surface area contributed by atoms with Crippen molar-refractivity contribution >= 4 is 44.9 Å². The number of nitrogens with zero attached hydrogens (tertiary/aromatic N) is 2. The molecule has 0 atom stereocenters. The predicted octanol–water partition coefficient (Wildman–Crippen LogP) is 3.23. The average molecular weight is 352 g/mol. The minimum Gasteiger partial charge on any atom is -0.299 e. The highest BCUT2D eigenvalue weighted by Gasteiger charge is 2.35. The molecular weight excluding hydrogens is 344 g/mol. The minimum atomic E-state index is -0.549. The van der Waals surface area contributed by atoms with Gasteiger partial charge in [-0.1, -0.05) is 11.6 Å². The van der Waals surface area contributed by atoms with E-state index in [9.17, 15) is 9.59 Å². The molecule has 0 unspecified atom stereocenters. The largest absolute Gasteiger partial charge is 0.299 e. The number of aromatic nitrogens is 1. The monoisotopic (exact) mass is 350 g/mol. The second-order valence-corrected chi connectivity index (χ2v) is 5.70. The van der Waals surface area contributed by atoms with E-state index < -0.39 is 11.7 Å². The van der Waals surface area contributed by atoms with Crippen molar-refractivity contribution in [3.8, 4) is 0 Å². The Morgan fingerprint density at radius 1 is 1.20 bits per heavy atom. The van der Waals surface area contributed by atoms with Gasteiger partial charge in [0.2, 0.25) is 0 Å². The normalized spacial score (nSPS) is 13.8. The summed E-state index contributed by atoms with van der Waals surface area (Å²) in [4.78, 5) is 29.6. The molecule has 4 nitrogen and oxygen atoms in total. The van der Waals surface area contributed by atoms with Crippen LogP contribution in [0.1, 0.15) is 16.1 Å². The lowest BCUT2D eigenvalue weighted by molar-refractivity contribution is -0.114. The van der Waals surface area contributed by atoms with E-state index in [0.717, 1.165) is 4.47 Å². The molecular formula is C14H8BrClN2O2. The molecule has 100 valence electrons. The Labute approximate surface area is 128 Å². The molecule has 1 aromatic heterocycles. The molecule has 3 rings (SSSR count). The molecule has 0 saturated heterocycles. The van der Waals surface area contributed by atoms with E-state index in [2.05, 4.69) is 20.9 Å². The molecule has 0 N–H and O–H groups in total. The lowest BCUT2D eigenvalue weighted by Gasteiger charge is -2.15. The summed E-state index contributed by atoms with van der Waals surface area (Å²) >= 11 is 9.16. The van der Waals surface area contributed by atoms with Gasteiger partial charge in [-0.05, 0) is 46.3 Å². The average Bonchev–Trinajstić information content (AvgIpc) is 2.66. The molecule has 20 heavy (non-hydrogen) atoms. The molecule has 0 saturated carbocycles. The van der Waals surface area contributed by atoms with Gasteiger partial charge in [-0.2, -0.15) is 0 Å². The highest BCUT2D eigenvalue weighted by atomic mass is 79.9. The quantitative estimate of drug-likeness (QED) is 0.781. The van der Waals surface area contributed by atoms with Gasteiger partial charge in [0.1, 0.15) is 0 Å². The first-order valence-electron chi connectivity index (χ1n) is 5.82. The van der Waals surface area contributed by atoms with Crippen LogP contribution < -0.4 is 4.90 Å². The van der Waals surface area contributed by atoms with Gasteiger partial charge in [0.05, 0.1) is 23.5 Å². The maximum atomic E-state index is 12.0. The first-order chi connectivity index (χ1) is 9.56. The first-order valence-corrected chi connectivity index (χ1v) is 6.99. The number of hydrogen-bond acceptors (Lipinski definition) is 3. The molecule has 0 bridgehead atoms. The highest BCUT2D eigenvalue weighted by Crippen LogP contribution is 2.32. The molecule has 0 radical (unpaired) electrons. The number of halogens is 2. The molecule has 2 aromatic rings.